The maximum absolute atomic E-state index is 8.74. The van der Waals surface area contributed by atoms with Crippen LogP contribution in [0.3, 0.4) is 0 Å². The zero-order chi connectivity index (χ0) is 8.08. The van der Waals surface area contributed by atoms with Gasteiger partial charge in [-0.1, -0.05) is 0 Å². The molecule has 0 aliphatic heterocycles. The third-order valence-corrected chi connectivity index (χ3v) is 0. The molecule has 0 aliphatic rings. The fourth-order valence-corrected chi connectivity index (χ4v) is 0. The van der Waals surface area contributed by atoms with E-state index in [0.717, 1.165) is 0 Å². The second-order valence-electron chi connectivity index (χ2n) is 0.652. The molecule has 4 N–H and O–H groups in total. The van der Waals surface area contributed by atoms with Crippen molar-refractivity contribution in [3.05, 3.63) is 0 Å². The summed E-state index contributed by atoms with van der Waals surface area (Å²) in [6.07, 6.45) is 0. The zero-order valence-electron chi connectivity index (χ0n) is 4.25. The van der Waals surface area contributed by atoms with Crippen LogP contribution in [0.1, 0.15) is 0 Å². The molecule has 0 atom stereocenters. The van der Waals surface area contributed by atoms with Crippen molar-refractivity contribution in [3.8, 4) is 0 Å². The van der Waals surface area contributed by atoms with Gasteiger partial charge in [-0.2, -0.15) is 8.42 Å². The summed E-state index contributed by atoms with van der Waals surface area (Å²) in [7, 11) is -4.67. The Labute approximate surface area is 59.4 Å². The fraction of sp³-hybridized carbons (Fsp3) is 0. The van der Waals surface area contributed by atoms with Gasteiger partial charge in [-0.05, 0) is 0 Å². The molecule has 0 aromatic heterocycles. The van der Waals surface area contributed by atoms with Crippen LogP contribution < -0.4 is 0 Å². The van der Waals surface area contributed by atoms with E-state index in [-0.39, 0.29) is 5.48 Å². The van der Waals surface area contributed by atoms with Crippen molar-refractivity contribution < 1.29 is 48.4 Å². The molecule has 0 saturated heterocycles. The summed E-state index contributed by atoms with van der Waals surface area (Å²) in [5, 5.41) is 0. The van der Waals surface area contributed by atoms with Gasteiger partial charge in [0, 0.05) is 0 Å². The van der Waals surface area contributed by atoms with Crippen LogP contribution in [0.25, 0.3) is 0 Å². The van der Waals surface area contributed by atoms with Crippen LogP contribution in [0, 0.1) is 0 Å². The molecule has 0 saturated carbocycles. The monoisotopic (exact) mass is 216 g/mol. The number of rotatable bonds is 0. The first-order valence-electron chi connectivity index (χ1n) is 1.20. The SMILES string of the molecule is O.O=S(=O)(O)O.[O]=[Cr](=[O])=[O]. The zero-order valence-corrected chi connectivity index (χ0v) is 6.34. The Balaban J connectivity index is -0.0000000910. The summed E-state index contributed by atoms with van der Waals surface area (Å²) >= 11 is -3.79. The van der Waals surface area contributed by atoms with Crippen LogP contribution >= 0.6 is 0 Å². The Bertz CT molecular complexity index is 222. The minimum atomic E-state index is -4.67. The van der Waals surface area contributed by atoms with Crippen molar-refractivity contribution in [2.45, 2.75) is 0 Å². The van der Waals surface area contributed by atoms with Crippen molar-refractivity contribution in [2.75, 3.05) is 0 Å². The molecule has 10 heteroatoms. The van der Waals surface area contributed by atoms with E-state index in [1.54, 1.807) is 0 Å². The molecule has 0 bridgehead atoms. The van der Waals surface area contributed by atoms with Crippen LogP contribution in [0.15, 0.2) is 0 Å². The van der Waals surface area contributed by atoms with Crippen LogP contribution in [-0.2, 0) is 35.8 Å². The summed E-state index contributed by atoms with van der Waals surface area (Å²) in [4.78, 5) is 0. The van der Waals surface area contributed by atoms with E-state index in [4.69, 9.17) is 28.9 Å². The van der Waals surface area contributed by atoms with Gasteiger partial charge in [0.05, 0.1) is 0 Å². The Kier molecular flexibility index (Phi) is 11.3. The number of hydrogen-bond donors (Lipinski definition) is 2. The first-order chi connectivity index (χ1) is 3.73. The van der Waals surface area contributed by atoms with Gasteiger partial charge in [0.1, 0.15) is 0 Å². The summed E-state index contributed by atoms with van der Waals surface area (Å²) in [6.45, 7) is 0. The average molecular weight is 216 g/mol. The van der Waals surface area contributed by atoms with Gasteiger partial charge in [-0.3, -0.25) is 9.11 Å². The van der Waals surface area contributed by atoms with Crippen molar-refractivity contribution in [1.29, 1.82) is 0 Å². The van der Waals surface area contributed by atoms with Crippen LogP contribution in [0.2, 0.25) is 0 Å². The first kappa shape index (κ1) is 16.4. The minimum absolute atomic E-state index is 0. The Morgan fingerprint density at radius 1 is 1.00 bits per heavy atom. The van der Waals surface area contributed by atoms with Crippen molar-refractivity contribution in [2.24, 2.45) is 0 Å². The average Bonchev–Trinajstić information content (AvgIpc) is 1.19. The van der Waals surface area contributed by atoms with E-state index in [1.807, 2.05) is 0 Å². The fourth-order valence-electron chi connectivity index (χ4n) is 0. The molecule has 0 rings (SSSR count). The molecular formula is H4CrO8S. The molecule has 0 spiro atoms. The summed E-state index contributed by atoms with van der Waals surface area (Å²) in [6, 6.07) is 0. The maximum atomic E-state index is 8.74. The standard InChI is InChI=1S/Cr.H2O4S.H2O.3O/c;1-5(2,3)4;;;;/h;(H2,1,2,3,4);1H2;;;. The predicted molar refractivity (Wildman–Crippen MR) is 19.9 cm³/mol. The summed E-state index contributed by atoms with van der Waals surface area (Å²) in [5.41, 5.74) is 0. The molecule has 8 nitrogen and oxygen atoms in total. The first-order valence-corrected chi connectivity index (χ1v) is 4.16. The van der Waals surface area contributed by atoms with Gasteiger partial charge >= 0.3 is 35.8 Å². The molecule has 0 amide bonds. The van der Waals surface area contributed by atoms with Gasteiger partial charge < -0.3 is 5.48 Å². The van der Waals surface area contributed by atoms with Crippen LogP contribution in [-0.4, -0.2) is 23.0 Å². The van der Waals surface area contributed by atoms with Gasteiger partial charge in [-0.15, -0.1) is 0 Å². The molecule has 0 radical (unpaired) electrons. The quantitative estimate of drug-likeness (QED) is 0.450. The Morgan fingerprint density at radius 3 is 1.00 bits per heavy atom. The third-order valence-electron chi connectivity index (χ3n) is 0. The molecule has 0 heterocycles. The van der Waals surface area contributed by atoms with E-state index >= 15 is 0 Å². The summed E-state index contributed by atoms with van der Waals surface area (Å²) < 4.78 is 57.2. The second kappa shape index (κ2) is 6.88. The second-order valence-corrected chi connectivity index (χ2v) is 2.19. The van der Waals surface area contributed by atoms with E-state index in [0.29, 0.717) is 0 Å². The Morgan fingerprint density at radius 2 is 1.00 bits per heavy atom. The summed E-state index contributed by atoms with van der Waals surface area (Å²) in [5.74, 6) is 0. The molecule has 0 aromatic carbocycles. The van der Waals surface area contributed by atoms with E-state index in [9.17, 15) is 0 Å². The molecule has 0 aromatic rings. The van der Waals surface area contributed by atoms with Gasteiger partial charge in [0.25, 0.3) is 0 Å². The van der Waals surface area contributed by atoms with Gasteiger partial charge in [-0.25, -0.2) is 0 Å². The topological polar surface area (TPSA) is 157 Å². The van der Waals surface area contributed by atoms with Crippen molar-refractivity contribution in [1.82, 2.24) is 0 Å². The molecule has 0 aliphatic carbocycles. The van der Waals surface area contributed by atoms with E-state index in [2.05, 4.69) is 0 Å². The third kappa shape index (κ3) is 6290. The van der Waals surface area contributed by atoms with E-state index < -0.39 is 24.4 Å². The van der Waals surface area contributed by atoms with E-state index in [1.165, 1.54) is 0 Å². The van der Waals surface area contributed by atoms with Crippen LogP contribution in [0.5, 0.6) is 0 Å². The van der Waals surface area contributed by atoms with Crippen LogP contribution in [0.4, 0.5) is 0 Å². The van der Waals surface area contributed by atoms with Gasteiger partial charge in [0.15, 0.2) is 0 Å². The van der Waals surface area contributed by atoms with Crippen molar-refractivity contribution >= 4 is 10.4 Å². The molecular weight excluding hydrogens is 212 g/mol. The van der Waals surface area contributed by atoms with Gasteiger partial charge in [0.2, 0.25) is 0 Å². The molecule has 0 unspecified atom stereocenters. The number of hydrogen-bond acceptors (Lipinski definition) is 5. The predicted octanol–water partition coefficient (Wildman–Crippen LogP) is -1.84. The van der Waals surface area contributed by atoms with Crippen molar-refractivity contribution in [3.63, 3.8) is 0 Å². The normalized spacial score (nSPS) is 8.20. The molecule has 64 valence electrons. The molecule has 10 heavy (non-hydrogen) atoms. The Hall–Kier alpha value is -0.238. The molecule has 0 fully saturated rings.